The average molecular weight is 393 g/mol. The van der Waals surface area contributed by atoms with Gasteiger partial charge in [0.15, 0.2) is 5.76 Å². The van der Waals surface area contributed by atoms with Gasteiger partial charge in [0.25, 0.3) is 0 Å². The summed E-state index contributed by atoms with van der Waals surface area (Å²) in [6.07, 6.45) is -8.50. The molecule has 3 aromatic rings. The predicted molar refractivity (Wildman–Crippen MR) is 80.2 cm³/mol. The summed E-state index contributed by atoms with van der Waals surface area (Å²) in [4.78, 5) is 3.94. The first kappa shape index (κ1) is 18.2. The molecule has 3 rings (SSSR count). The van der Waals surface area contributed by atoms with Gasteiger partial charge in [-0.25, -0.2) is 0 Å². The van der Waals surface area contributed by atoms with Crippen molar-refractivity contribution >= 4 is 11.6 Å². The minimum atomic E-state index is -4.95. The fourth-order valence-corrected chi connectivity index (χ4v) is 2.41. The largest absolute Gasteiger partial charge is 0.416 e. The van der Waals surface area contributed by atoms with Gasteiger partial charge >= 0.3 is 12.4 Å². The Balaban J connectivity index is 2.11. The third kappa shape index (κ3) is 3.67. The van der Waals surface area contributed by atoms with Crippen LogP contribution in [0.3, 0.4) is 0 Å². The highest BCUT2D eigenvalue weighted by atomic mass is 35.5. The highest BCUT2D eigenvalue weighted by Crippen LogP contribution is 2.39. The van der Waals surface area contributed by atoms with Crippen LogP contribution in [0.25, 0.3) is 22.7 Å². The zero-order valence-electron chi connectivity index (χ0n) is 12.5. The van der Waals surface area contributed by atoms with Gasteiger partial charge in [-0.3, -0.25) is 4.98 Å². The van der Waals surface area contributed by atoms with Crippen LogP contribution in [0.2, 0.25) is 5.02 Å². The summed E-state index contributed by atoms with van der Waals surface area (Å²) in [6.45, 7) is 0. The van der Waals surface area contributed by atoms with E-state index in [0.717, 1.165) is 0 Å². The van der Waals surface area contributed by atoms with E-state index < -0.39 is 29.0 Å². The molecule has 0 atom stereocenters. The number of rotatable bonds is 2. The minimum Gasteiger partial charge on any atom is -0.354 e. The maximum Gasteiger partial charge on any atom is 0.416 e. The molecular weight excluding hydrogens is 386 g/mol. The number of nitrogens with zero attached hydrogens (tertiary/aromatic N) is 2. The lowest BCUT2D eigenvalue weighted by Crippen LogP contribution is -2.11. The van der Waals surface area contributed by atoms with Gasteiger partial charge in [0.05, 0.1) is 16.1 Å². The highest BCUT2D eigenvalue weighted by molar-refractivity contribution is 6.32. The van der Waals surface area contributed by atoms with Crippen LogP contribution < -0.4 is 0 Å². The molecule has 3 nitrogen and oxygen atoms in total. The van der Waals surface area contributed by atoms with Gasteiger partial charge in [0.2, 0.25) is 0 Å². The standard InChI is InChI=1S/C16H7ClF6N2O/c17-11-2-1-3-24-14(11)13-7-12(25-26-13)8-4-9(15(18,19)20)6-10(5-8)16(21,22)23/h1-7H. The number of halogens is 7. The molecule has 0 saturated heterocycles. The molecule has 0 bridgehead atoms. The number of pyridine rings is 1. The summed E-state index contributed by atoms with van der Waals surface area (Å²) in [5.74, 6) is 0.0107. The second kappa shape index (κ2) is 6.31. The normalized spacial score (nSPS) is 12.4. The number of hydrogen-bond acceptors (Lipinski definition) is 3. The summed E-state index contributed by atoms with van der Waals surface area (Å²) in [5, 5.41) is 3.73. The van der Waals surface area contributed by atoms with Gasteiger partial charge in [-0.05, 0) is 30.3 Å². The maximum atomic E-state index is 12.9. The fourth-order valence-electron chi connectivity index (χ4n) is 2.19. The average Bonchev–Trinajstić information content (AvgIpc) is 3.03. The Morgan fingerprint density at radius 1 is 0.885 bits per heavy atom. The molecule has 0 N–H and O–H groups in total. The lowest BCUT2D eigenvalue weighted by Gasteiger charge is -2.13. The summed E-state index contributed by atoms with van der Waals surface area (Å²) in [6, 6.07) is 5.39. The van der Waals surface area contributed by atoms with Gasteiger partial charge in [0, 0.05) is 17.8 Å². The third-order valence-corrected chi connectivity index (χ3v) is 3.69. The Labute approximate surface area is 147 Å². The van der Waals surface area contributed by atoms with Gasteiger partial charge < -0.3 is 4.52 Å². The van der Waals surface area contributed by atoms with Crippen LogP contribution in [0.5, 0.6) is 0 Å². The summed E-state index contributed by atoms with van der Waals surface area (Å²) in [7, 11) is 0. The third-order valence-electron chi connectivity index (χ3n) is 3.39. The second-order valence-corrected chi connectivity index (χ2v) is 5.61. The molecule has 2 aromatic heterocycles. The van der Waals surface area contributed by atoms with Gasteiger partial charge in [-0.15, -0.1) is 0 Å². The quantitative estimate of drug-likeness (QED) is 0.495. The Kier molecular flexibility index (Phi) is 4.43. The Hall–Kier alpha value is -2.55. The second-order valence-electron chi connectivity index (χ2n) is 5.20. The van der Waals surface area contributed by atoms with Crippen LogP contribution in [0.1, 0.15) is 11.1 Å². The molecule has 0 fully saturated rings. The smallest absolute Gasteiger partial charge is 0.354 e. The van der Waals surface area contributed by atoms with Crippen molar-refractivity contribution in [2.45, 2.75) is 12.4 Å². The highest BCUT2D eigenvalue weighted by Gasteiger charge is 2.37. The van der Waals surface area contributed by atoms with Gasteiger partial charge in [0.1, 0.15) is 11.4 Å². The van der Waals surface area contributed by atoms with Crippen molar-refractivity contribution < 1.29 is 30.9 Å². The molecule has 0 aliphatic rings. The molecule has 0 saturated carbocycles. The van der Waals surface area contributed by atoms with Crippen LogP contribution in [-0.2, 0) is 12.4 Å². The molecule has 2 heterocycles. The van der Waals surface area contributed by atoms with E-state index in [1.807, 2.05) is 0 Å². The van der Waals surface area contributed by atoms with Crippen LogP contribution in [-0.4, -0.2) is 10.1 Å². The van der Waals surface area contributed by atoms with Crippen LogP contribution in [0, 0.1) is 0 Å². The van der Waals surface area contributed by atoms with Crippen LogP contribution in [0.15, 0.2) is 47.1 Å². The molecular formula is C16H7ClF6N2O. The van der Waals surface area contributed by atoms with E-state index in [9.17, 15) is 26.3 Å². The first-order valence-corrected chi connectivity index (χ1v) is 7.31. The molecule has 10 heteroatoms. The van der Waals surface area contributed by atoms with Crippen molar-refractivity contribution in [3.8, 4) is 22.7 Å². The summed E-state index contributed by atoms with van der Waals surface area (Å²) < 4.78 is 82.6. The molecule has 1 aromatic carbocycles. The zero-order chi connectivity index (χ0) is 19.1. The maximum absolute atomic E-state index is 12.9. The van der Waals surface area contributed by atoms with Crippen molar-refractivity contribution in [3.63, 3.8) is 0 Å². The lowest BCUT2D eigenvalue weighted by atomic mass is 10.0. The fraction of sp³-hybridized carbons (Fsp3) is 0.125. The zero-order valence-corrected chi connectivity index (χ0v) is 13.2. The summed E-state index contributed by atoms with van der Waals surface area (Å²) in [5.41, 5.74) is -3.33. The van der Waals surface area contributed by atoms with Crippen molar-refractivity contribution in [1.29, 1.82) is 0 Å². The lowest BCUT2D eigenvalue weighted by molar-refractivity contribution is -0.143. The van der Waals surface area contributed by atoms with E-state index in [0.29, 0.717) is 12.1 Å². The van der Waals surface area contributed by atoms with E-state index in [-0.39, 0.29) is 28.2 Å². The number of benzene rings is 1. The number of alkyl halides is 6. The molecule has 0 aliphatic heterocycles. The molecule has 0 aliphatic carbocycles. The molecule has 0 unspecified atom stereocenters. The summed E-state index contributed by atoms with van der Waals surface area (Å²) >= 11 is 5.94. The predicted octanol–water partition coefficient (Wildman–Crippen LogP) is 6.09. The first-order chi connectivity index (χ1) is 12.1. The molecule has 0 radical (unpaired) electrons. The monoisotopic (exact) mass is 392 g/mol. The van der Waals surface area contributed by atoms with E-state index in [1.165, 1.54) is 18.3 Å². The van der Waals surface area contributed by atoms with Crippen molar-refractivity contribution in [2.75, 3.05) is 0 Å². The van der Waals surface area contributed by atoms with Crippen molar-refractivity contribution in [3.05, 3.63) is 58.7 Å². The van der Waals surface area contributed by atoms with E-state index >= 15 is 0 Å². The number of hydrogen-bond donors (Lipinski definition) is 0. The SMILES string of the molecule is FC(F)(F)c1cc(-c2cc(-c3ncccc3Cl)on2)cc(C(F)(F)F)c1. The molecule has 136 valence electrons. The Bertz CT molecular complexity index is 916. The van der Waals surface area contributed by atoms with Gasteiger partial charge in [-0.2, -0.15) is 26.3 Å². The Morgan fingerprint density at radius 2 is 1.50 bits per heavy atom. The van der Waals surface area contributed by atoms with E-state index in [4.69, 9.17) is 16.1 Å². The first-order valence-electron chi connectivity index (χ1n) is 6.93. The topological polar surface area (TPSA) is 38.9 Å². The van der Waals surface area contributed by atoms with Crippen LogP contribution >= 0.6 is 11.6 Å². The molecule has 0 spiro atoms. The van der Waals surface area contributed by atoms with E-state index in [2.05, 4.69) is 10.1 Å². The van der Waals surface area contributed by atoms with E-state index in [1.54, 1.807) is 6.07 Å². The van der Waals surface area contributed by atoms with Gasteiger partial charge in [-0.1, -0.05) is 16.8 Å². The van der Waals surface area contributed by atoms with Crippen molar-refractivity contribution in [2.24, 2.45) is 0 Å². The Morgan fingerprint density at radius 3 is 2.04 bits per heavy atom. The van der Waals surface area contributed by atoms with Crippen LogP contribution in [0.4, 0.5) is 26.3 Å². The minimum absolute atomic E-state index is 0.0107. The number of aromatic nitrogens is 2. The molecule has 0 amide bonds. The molecule has 26 heavy (non-hydrogen) atoms. The van der Waals surface area contributed by atoms with Crippen molar-refractivity contribution in [1.82, 2.24) is 10.1 Å².